The van der Waals surface area contributed by atoms with Crippen LogP contribution >= 0.6 is 15.9 Å². The lowest BCUT2D eigenvalue weighted by atomic mass is 10.1. The zero-order valence-electron chi connectivity index (χ0n) is 10.8. The number of rotatable bonds is 4. The molecule has 1 aromatic carbocycles. The van der Waals surface area contributed by atoms with E-state index in [0.29, 0.717) is 15.8 Å². The number of benzene rings is 1. The molecule has 1 atom stereocenters. The maximum atomic E-state index is 11.9. The lowest BCUT2D eigenvalue weighted by molar-refractivity contribution is -0.160. The minimum absolute atomic E-state index is 0.502. The monoisotopic (exact) mass is 355 g/mol. The summed E-state index contributed by atoms with van der Waals surface area (Å²) in [4.78, 5) is 11.2. The van der Waals surface area contributed by atoms with Gasteiger partial charge in [-0.05, 0) is 40.5 Å². The molecule has 0 aliphatic heterocycles. The summed E-state index contributed by atoms with van der Waals surface area (Å²) in [5, 5.41) is 2.31. The molecule has 1 aromatic rings. The number of ether oxygens (including phenoxy) is 2. The van der Waals surface area contributed by atoms with Crippen molar-refractivity contribution in [1.82, 2.24) is 5.32 Å². The highest BCUT2D eigenvalue weighted by Gasteiger charge is 2.29. The summed E-state index contributed by atoms with van der Waals surface area (Å²) in [6, 6.07) is 4.57. The Bertz CT molecular complexity index is 480. The molecule has 0 heterocycles. The number of methoxy groups -OCH3 is 1. The Morgan fingerprint density at radius 2 is 2.10 bits per heavy atom. The van der Waals surface area contributed by atoms with Gasteiger partial charge in [0.15, 0.2) is 6.61 Å². The van der Waals surface area contributed by atoms with E-state index in [9.17, 15) is 18.0 Å². The van der Waals surface area contributed by atoms with Gasteiger partial charge in [-0.15, -0.1) is 0 Å². The second kappa shape index (κ2) is 6.83. The third-order valence-electron chi connectivity index (χ3n) is 2.38. The highest BCUT2D eigenvalue weighted by Crippen LogP contribution is 2.28. The zero-order valence-corrected chi connectivity index (χ0v) is 12.3. The molecule has 4 nitrogen and oxygen atoms in total. The predicted octanol–water partition coefficient (Wildman–Crippen LogP) is 3.81. The number of amides is 1. The fourth-order valence-electron chi connectivity index (χ4n) is 1.40. The first-order valence-corrected chi connectivity index (χ1v) is 6.35. The van der Waals surface area contributed by atoms with Crippen LogP contribution < -0.4 is 10.1 Å². The van der Waals surface area contributed by atoms with Crippen molar-refractivity contribution in [3.8, 4) is 5.75 Å². The van der Waals surface area contributed by atoms with E-state index in [4.69, 9.17) is 4.74 Å². The number of hydrogen-bond acceptors (Lipinski definition) is 3. The molecule has 1 unspecified atom stereocenters. The van der Waals surface area contributed by atoms with Crippen LogP contribution in [0.5, 0.6) is 5.75 Å². The second-order valence-corrected chi connectivity index (χ2v) is 4.81. The summed E-state index contributed by atoms with van der Waals surface area (Å²) in [5.41, 5.74) is 0.696. The summed E-state index contributed by atoms with van der Waals surface area (Å²) in [5.74, 6) is 0.612. The lowest BCUT2D eigenvalue weighted by Gasteiger charge is -2.16. The molecule has 1 amide bonds. The molecular weight excluding hydrogens is 343 g/mol. The van der Waals surface area contributed by atoms with Gasteiger partial charge < -0.3 is 14.8 Å². The predicted molar refractivity (Wildman–Crippen MR) is 69.6 cm³/mol. The van der Waals surface area contributed by atoms with E-state index >= 15 is 0 Å². The van der Waals surface area contributed by atoms with Crippen LogP contribution in [0.4, 0.5) is 18.0 Å². The van der Waals surface area contributed by atoms with Crippen LogP contribution in [0, 0.1) is 0 Å². The Morgan fingerprint density at radius 1 is 1.45 bits per heavy atom. The van der Waals surface area contributed by atoms with E-state index in [2.05, 4.69) is 26.0 Å². The number of alkyl carbamates (subject to hydrolysis) is 1. The van der Waals surface area contributed by atoms with Crippen molar-refractivity contribution < 1.29 is 27.4 Å². The minimum Gasteiger partial charge on any atom is -0.496 e. The van der Waals surface area contributed by atoms with Gasteiger partial charge in [0.2, 0.25) is 0 Å². The second-order valence-electron chi connectivity index (χ2n) is 3.95. The van der Waals surface area contributed by atoms with Gasteiger partial charge in [0.25, 0.3) is 0 Å². The van der Waals surface area contributed by atoms with Gasteiger partial charge in [-0.3, -0.25) is 0 Å². The standard InChI is InChI=1S/C12H13BrF3NO3/c1-7(17-11(18)20-6-12(14,15)16)8-3-4-10(19-2)9(13)5-8/h3-5,7H,6H2,1-2H3,(H,17,18). The SMILES string of the molecule is COc1ccc(C(C)NC(=O)OCC(F)(F)F)cc1Br. The first-order valence-electron chi connectivity index (χ1n) is 5.56. The van der Waals surface area contributed by atoms with Crippen LogP contribution in [-0.2, 0) is 4.74 Å². The van der Waals surface area contributed by atoms with Crippen LogP contribution in [0.1, 0.15) is 18.5 Å². The van der Waals surface area contributed by atoms with Gasteiger partial charge in [-0.25, -0.2) is 4.79 Å². The number of halogens is 4. The van der Waals surface area contributed by atoms with Gasteiger partial charge in [0, 0.05) is 0 Å². The molecule has 0 bridgehead atoms. The zero-order chi connectivity index (χ0) is 15.3. The normalized spacial score (nSPS) is 12.7. The van der Waals surface area contributed by atoms with Crippen LogP contribution in [0.25, 0.3) is 0 Å². The van der Waals surface area contributed by atoms with E-state index in [-0.39, 0.29) is 0 Å². The molecule has 112 valence electrons. The number of nitrogens with one attached hydrogen (secondary N) is 1. The van der Waals surface area contributed by atoms with Gasteiger partial charge in [0.1, 0.15) is 5.75 Å². The maximum absolute atomic E-state index is 11.9. The number of hydrogen-bond donors (Lipinski definition) is 1. The van der Waals surface area contributed by atoms with E-state index in [1.165, 1.54) is 7.11 Å². The fraction of sp³-hybridized carbons (Fsp3) is 0.417. The van der Waals surface area contributed by atoms with Crippen LogP contribution in [0.3, 0.4) is 0 Å². The summed E-state index contributed by atoms with van der Waals surface area (Å²) >= 11 is 3.28. The number of carbonyl (C=O) groups excluding carboxylic acids is 1. The molecule has 0 spiro atoms. The average Bonchev–Trinajstić information content (AvgIpc) is 2.35. The van der Waals surface area contributed by atoms with Gasteiger partial charge >= 0.3 is 12.3 Å². The maximum Gasteiger partial charge on any atom is 0.422 e. The minimum atomic E-state index is -4.54. The quantitative estimate of drug-likeness (QED) is 0.893. The summed E-state index contributed by atoms with van der Waals surface area (Å²) in [6.07, 6.45) is -5.66. The van der Waals surface area contributed by atoms with E-state index in [1.807, 2.05) is 0 Å². The lowest BCUT2D eigenvalue weighted by Crippen LogP contribution is -2.30. The Balaban J connectivity index is 2.60. The summed E-state index contributed by atoms with van der Waals surface area (Å²) in [6.45, 7) is 0.0148. The number of alkyl halides is 3. The van der Waals surface area contributed by atoms with Crippen molar-refractivity contribution in [3.05, 3.63) is 28.2 Å². The molecule has 0 fully saturated rings. The fourth-order valence-corrected chi connectivity index (χ4v) is 1.96. The molecule has 1 N–H and O–H groups in total. The topological polar surface area (TPSA) is 47.6 Å². The Labute approximate surface area is 122 Å². The van der Waals surface area contributed by atoms with E-state index in [1.54, 1.807) is 25.1 Å². The van der Waals surface area contributed by atoms with E-state index < -0.39 is 24.9 Å². The molecule has 0 aliphatic rings. The van der Waals surface area contributed by atoms with Crippen molar-refractivity contribution in [2.24, 2.45) is 0 Å². The van der Waals surface area contributed by atoms with Crippen molar-refractivity contribution >= 4 is 22.0 Å². The molecule has 1 rings (SSSR count). The van der Waals surface area contributed by atoms with E-state index in [0.717, 1.165) is 0 Å². The first kappa shape index (κ1) is 16.6. The van der Waals surface area contributed by atoms with Crippen molar-refractivity contribution in [1.29, 1.82) is 0 Å². The smallest absolute Gasteiger partial charge is 0.422 e. The van der Waals surface area contributed by atoms with Gasteiger partial charge in [-0.2, -0.15) is 13.2 Å². The third kappa shape index (κ3) is 5.28. The van der Waals surface area contributed by atoms with Gasteiger partial charge in [0.05, 0.1) is 17.6 Å². The molecule has 0 aromatic heterocycles. The molecule has 0 saturated heterocycles. The number of carbonyl (C=O) groups is 1. The van der Waals surface area contributed by atoms with Crippen LogP contribution in [0.2, 0.25) is 0 Å². The first-order chi connectivity index (χ1) is 9.23. The molecule has 20 heavy (non-hydrogen) atoms. The molecule has 0 radical (unpaired) electrons. The Kier molecular flexibility index (Phi) is 5.67. The molecular formula is C12H13BrF3NO3. The van der Waals surface area contributed by atoms with Crippen LogP contribution in [0.15, 0.2) is 22.7 Å². The molecule has 0 aliphatic carbocycles. The van der Waals surface area contributed by atoms with Gasteiger partial charge in [-0.1, -0.05) is 6.07 Å². The third-order valence-corrected chi connectivity index (χ3v) is 3.00. The van der Waals surface area contributed by atoms with Crippen molar-refractivity contribution in [2.45, 2.75) is 19.1 Å². The van der Waals surface area contributed by atoms with Crippen molar-refractivity contribution in [3.63, 3.8) is 0 Å². The highest BCUT2D eigenvalue weighted by molar-refractivity contribution is 9.10. The summed E-state index contributed by atoms with van der Waals surface area (Å²) < 4.78 is 45.5. The molecule has 0 saturated carbocycles. The summed E-state index contributed by atoms with van der Waals surface area (Å²) in [7, 11) is 1.51. The molecule has 8 heteroatoms. The van der Waals surface area contributed by atoms with Crippen molar-refractivity contribution in [2.75, 3.05) is 13.7 Å². The van der Waals surface area contributed by atoms with Crippen LogP contribution in [-0.4, -0.2) is 26.0 Å². The Morgan fingerprint density at radius 3 is 2.60 bits per heavy atom. The largest absolute Gasteiger partial charge is 0.496 e. The Hall–Kier alpha value is -1.44. The average molecular weight is 356 g/mol. The highest BCUT2D eigenvalue weighted by atomic mass is 79.9.